The van der Waals surface area contributed by atoms with Crippen molar-refractivity contribution in [2.45, 2.75) is 13.0 Å². The third kappa shape index (κ3) is 2.25. The second-order valence-corrected chi connectivity index (χ2v) is 4.53. The van der Waals surface area contributed by atoms with Crippen molar-refractivity contribution < 1.29 is 0 Å². The van der Waals surface area contributed by atoms with Crippen LogP contribution in [0.5, 0.6) is 0 Å². The Bertz CT molecular complexity index is 653. The SMILES string of the molecule is CCNC(c1ncc[nH]1)c1cccc2ccccc12. The lowest BCUT2D eigenvalue weighted by Crippen LogP contribution is -2.23. The van der Waals surface area contributed by atoms with E-state index in [4.69, 9.17) is 0 Å². The van der Waals surface area contributed by atoms with E-state index in [2.05, 4.69) is 64.7 Å². The maximum Gasteiger partial charge on any atom is 0.127 e. The second-order valence-electron chi connectivity index (χ2n) is 4.53. The molecular weight excluding hydrogens is 234 g/mol. The maximum absolute atomic E-state index is 4.40. The van der Waals surface area contributed by atoms with E-state index in [0.29, 0.717) is 0 Å². The maximum atomic E-state index is 4.40. The minimum absolute atomic E-state index is 0.103. The van der Waals surface area contributed by atoms with Gasteiger partial charge in [0.1, 0.15) is 5.82 Å². The third-order valence-corrected chi connectivity index (χ3v) is 3.34. The monoisotopic (exact) mass is 251 g/mol. The quantitative estimate of drug-likeness (QED) is 0.747. The van der Waals surface area contributed by atoms with Crippen LogP contribution in [0.2, 0.25) is 0 Å². The van der Waals surface area contributed by atoms with Crippen LogP contribution < -0.4 is 5.32 Å². The first-order chi connectivity index (χ1) is 9.40. The molecule has 3 rings (SSSR count). The van der Waals surface area contributed by atoms with Gasteiger partial charge >= 0.3 is 0 Å². The van der Waals surface area contributed by atoms with Crippen LogP contribution in [0.4, 0.5) is 0 Å². The van der Waals surface area contributed by atoms with E-state index >= 15 is 0 Å². The van der Waals surface area contributed by atoms with Crippen LogP contribution in [-0.2, 0) is 0 Å². The Labute approximate surface area is 112 Å². The minimum Gasteiger partial charge on any atom is -0.347 e. The van der Waals surface area contributed by atoms with Gasteiger partial charge in [0, 0.05) is 12.4 Å². The van der Waals surface area contributed by atoms with Crippen molar-refractivity contribution in [2.75, 3.05) is 6.54 Å². The van der Waals surface area contributed by atoms with Crippen LogP contribution in [0.1, 0.15) is 24.4 Å². The van der Waals surface area contributed by atoms with Gasteiger partial charge in [-0.15, -0.1) is 0 Å². The standard InChI is InChI=1S/C16H17N3/c1-2-17-15(16-18-10-11-19-16)14-9-5-7-12-6-3-4-8-13(12)14/h3-11,15,17H,2H2,1H3,(H,18,19). The lowest BCUT2D eigenvalue weighted by atomic mass is 9.98. The van der Waals surface area contributed by atoms with Crippen LogP contribution in [0.3, 0.4) is 0 Å². The lowest BCUT2D eigenvalue weighted by Gasteiger charge is -2.18. The van der Waals surface area contributed by atoms with Crippen molar-refractivity contribution in [3.63, 3.8) is 0 Å². The van der Waals surface area contributed by atoms with Gasteiger partial charge in [-0.05, 0) is 22.9 Å². The average molecular weight is 251 g/mol. The summed E-state index contributed by atoms with van der Waals surface area (Å²) in [5.41, 5.74) is 1.26. The van der Waals surface area contributed by atoms with E-state index in [-0.39, 0.29) is 6.04 Å². The van der Waals surface area contributed by atoms with Crippen molar-refractivity contribution in [2.24, 2.45) is 0 Å². The van der Waals surface area contributed by atoms with Crippen molar-refractivity contribution >= 4 is 10.8 Å². The topological polar surface area (TPSA) is 40.7 Å². The summed E-state index contributed by atoms with van der Waals surface area (Å²) < 4.78 is 0. The number of H-pyrrole nitrogens is 1. The highest BCUT2D eigenvalue weighted by Crippen LogP contribution is 2.27. The summed E-state index contributed by atoms with van der Waals surface area (Å²) in [4.78, 5) is 7.61. The molecule has 0 saturated heterocycles. The molecule has 1 atom stereocenters. The number of fused-ring (bicyclic) bond motifs is 1. The Hall–Kier alpha value is -2.13. The number of hydrogen-bond donors (Lipinski definition) is 2. The van der Waals surface area contributed by atoms with Crippen molar-refractivity contribution in [3.05, 3.63) is 66.2 Å². The summed E-state index contributed by atoms with van der Waals surface area (Å²) in [6.45, 7) is 3.01. The molecule has 1 aromatic heterocycles. The van der Waals surface area contributed by atoms with Crippen LogP contribution in [0, 0.1) is 0 Å². The normalized spacial score (nSPS) is 12.7. The lowest BCUT2D eigenvalue weighted by molar-refractivity contribution is 0.607. The predicted molar refractivity (Wildman–Crippen MR) is 78.1 cm³/mol. The van der Waals surface area contributed by atoms with Crippen LogP contribution in [0.15, 0.2) is 54.9 Å². The second kappa shape index (κ2) is 5.24. The fourth-order valence-electron chi connectivity index (χ4n) is 2.50. The zero-order chi connectivity index (χ0) is 13.1. The summed E-state index contributed by atoms with van der Waals surface area (Å²) in [6.07, 6.45) is 3.66. The van der Waals surface area contributed by atoms with Gasteiger partial charge in [-0.25, -0.2) is 4.98 Å². The molecular formula is C16H17N3. The smallest absolute Gasteiger partial charge is 0.127 e. The summed E-state index contributed by atoms with van der Waals surface area (Å²) in [5.74, 6) is 0.957. The van der Waals surface area contributed by atoms with E-state index in [1.807, 2.05) is 6.20 Å². The molecule has 2 aromatic carbocycles. The van der Waals surface area contributed by atoms with E-state index in [9.17, 15) is 0 Å². The van der Waals surface area contributed by atoms with Gasteiger partial charge in [0.15, 0.2) is 0 Å². The number of aromatic amines is 1. The number of nitrogens with one attached hydrogen (secondary N) is 2. The zero-order valence-electron chi connectivity index (χ0n) is 10.9. The van der Waals surface area contributed by atoms with Gasteiger partial charge in [-0.3, -0.25) is 0 Å². The first kappa shape index (κ1) is 11.9. The summed E-state index contributed by atoms with van der Waals surface area (Å²) in [6, 6.07) is 15.0. The van der Waals surface area contributed by atoms with Gasteiger partial charge in [-0.2, -0.15) is 0 Å². The molecule has 19 heavy (non-hydrogen) atoms. The number of imidazole rings is 1. The number of hydrogen-bond acceptors (Lipinski definition) is 2. The van der Waals surface area contributed by atoms with Gasteiger partial charge in [-0.1, -0.05) is 49.4 Å². The molecule has 0 aliphatic heterocycles. The molecule has 1 unspecified atom stereocenters. The third-order valence-electron chi connectivity index (χ3n) is 3.34. The molecule has 3 nitrogen and oxygen atoms in total. The molecule has 2 N–H and O–H groups in total. The summed E-state index contributed by atoms with van der Waals surface area (Å²) in [7, 11) is 0. The first-order valence-corrected chi connectivity index (χ1v) is 6.60. The molecule has 0 spiro atoms. The fourth-order valence-corrected chi connectivity index (χ4v) is 2.50. The van der Waals surface area contributed by atoms with Crippen LogP contribution in [0.25, 0.3) is 10.8 Å². The Morgan fingerprint density at radius 3 is 2.79 bits per heavy atom. The molecule has 0 radical (unpaired) electrons. The Morgan fingerprint density at radius 1 is 1.16 bits per heavy atom. The molecule has 0 aliphatic carbocycles. The summed E-state index contributed by atoms with van der Waals surface area (Å²) in [5, 5.41) is 6.03. The molecule has 0 saturated carbocycles. The largest absolute Gasteiger partial charge is 0.347 e. The predicted octanol–water partition coefficient (Wildman–Crippen LogP) is 3.26. The van der Waals surface area contributed by atoms with Crippen molar-refractivity contribution in [3.8, 4) is 0 Å². The Balaban J connectivity index is 2.15. The fraction of sp³-hybridized carbons (Fsp3) is 0.188. The Kier molecular flexibility index (Phi) is 3.29. The molecule has 0 amide bonds. The number of nitrogens with zero attached hydrogens (tertiary/aromatic N) is 1. The highest BCUT2D eigenvalue weighted by atomic mass is 15.0. The first-order valence-electron chi connectivity index (χ1n) is 6.60. The molecule has 3 aromatic rings. The van der Waals surface area contributed by atoms with Crippen LogP contribution in [-0.4, -0.2) is 16.5 Å². The minimum atomic E-state index is 0.103. The molecule has 0 aliphatic rings. The van der Waals surface area contributed by atoms with Gasteiger partial charge in [0.2, 0.25) is 0 Å². The van der Waals surface area contributed by atoms with E-state index in [1.165, 1.54) is 16.3 Å². The van der Waals surface area contributed by atoms with Gasteiger partial charge < -0.3 is 10.3 Å². The average Bonchev–Trinajstić information content (AvgIpc) is 2.98. The van der Waals surface area contributed by atoms with E-state index < -0.39 is 0 Å². The molecule has 1 heterocycles. The zero-order valence-corrected chi connectivity index (χ0v) is 10.9. The van der Waals surface area contributed by atoms with Crippen LogP contribution >= 0.6 is 0 Å². The van der Waals surface area contributed by atoms with Crippen molar-refractivity contribution in [1.82, 2.24) is 15.3 Å². The number of rotatable bonds is 4. The highest BCUT2D eigenvalue weighted by molar-refractivity contribution is 5.86. The molecule has 0 fully saturated rings. The number of aromatic nitrogens is 2. The molecule has 0 bridgehead atoms. The molecule has 96 valence electrons. The molecule has 3 heteroatoms. The van der Waals surface area contributed by atoms with Gasteiger partial charge in [0.25, 0.3) is 0 Å². The van der Waals surface area contributed by atoms with Crippen molar-refractivity contribution in [1.29, 1.82) is 0 Å². The van der Waals surface area contributed by atoms with Gasteiger partial charge in [0.05, 0.1) is 6.04 Å². The highest BCUT2D eigenvalue weighted by Gasteiger charge is 2.17. The number of benzene rings is 2. The summed E-state index contributed by atoms with van der Waals surface area (Å²) >= 11 is 0. The van der Waals surface area contributed by atoms with E-state index in [1.54, 1.807) is 6.20 Å². The van der Waals surface area contributed by atoms with E-state index in [0.717, 1.165) is 12.4 Å². The Morgan fingerprint density at radius 2 is 2.00 bits per heavy atom.